The lowest BCUT2D eigenvalue weighted by Crippen LogP contribution is -2.20. The first-order valence-electron chi connectivity index (χ1n) is 6.11. The van der Waals surface area contributed by atoms with Gasteiger partial charge in [-0.1, -0.05) is 34.1 Å². The third-order valence-corrected chi connectivity index (χ3v) is 3.89. The Morgan fingerprint density at radius 3 is 2.25 bits per heavy atom. The summed E-state index contributed by atoms with van der Waals surface area (Å²) in [6.45, 7) is 0.0748. The molecule has 0 aliphatic heterocycles. The molecule has 3 N–H and O–H groups in total. The molecule has 0 saturated heterocycles. The lowest BCUT2D eigenvalue weighted by Gasteiger charge is -2.23. The molecule has 2 aromatic rings. The normalized spacial score (nSPS) is 14.1. The summed E-state index contributed by atoms with van der Waals surface area (Å²) in [7, 11) is 0. The summed E-state index contributed by atoms with van der Waals surface area (Å²) in [5, 5.41) is 10.4. The number of hydrogen-bond donors (Lipinski definition) is 2. The Morgan fingerprint density at radius 2 is 1.70 bits per heavy atom. The second-order valence-corrected chi connectivity index (χ2v) is 5.37. The van der Waals surface area contributed by atoms with Crippen LogP contribution in [-0.2, 0) is 0 Å². The Labute approximate surface area is 124 Å². The van der Waals surface area contributed by atoms with Crippen LogP contribution < -0.4 is 5.73 Å². The number of nitrogens with two attached hydrogens (primary N) is 1. The third-order valence-electron chi connectivity index (χ3n) is 3.17. The number of rotatable bonds is 4. The van der Waals surface area contributed by atoms with Crippen LogP contribution in [0.5, 0.6) is 0 Å². The third kappa shape index (κ3) is 3.23. The van der Waals surface area contributed by atoms with Crippen molar-refractivity contribution in [3.05, 3.63) is 69.7 Å². The van der Waals surface area contributed by atoms with Crippen LogP contribution in [0.3, 0.4) is 0 Å². The minimum atomic E-state index is -0.947. The molecule has 2 rings (SSSR count). The van der Waals surface area contributed by atoms with Gasteiger partial charge < -0.3 is 10.8 Å². The minimum absolute atomic E-state index is 0.0748. The van der Waals surface area contributed by atoms with Gasteiger partial charge in [0, 0.05) is 23.0 Å². The van der Waals surface area contributed by atoms with Crippen molar-refractivity contribution in [1.82, 2.24) is 0 Å². The molecule has 0 aromatic heterocycles. The van der Waals surface area contributed by atoms with Crippen LogP contribution in [0.15, 0.2) is 46.9 Å². The van der Waals surface area contributed by atoms with Gasteiger partial charge in [-0.05, 0) is 29.3 Å². The molecule has 0 aliphatic rings. The van der Waals surface area contributed by atoms with Gasteiger partial charge in [0.25, 0.3) is 0 Å². The Hall–Kier alpha value is -1.30. The van der Waals surface area contributed by atoms with Crippen molar-refractivity contribution in [3.8, 4) is 0 Å². The van der Waals surface area contributed by atoms with E-state index in [1.807, 2.05) is 6.07 Å². The molecule has 2 nitrogen and oxygen atoms in total. The fourth-order valence-electron chi connectivity index (χ4n) is 2.17. The molecule has 2 atom stereocenters. The Bertz CT molecular complexity index is 586. The van der Waals surface area contributed by atoms with Crippen molar-refractivity contribution in [2.75, 3.05) is 6.54 Å². The fraction of sp³-hybridized carbons (Fsp3) is 0.200. The van der Waals surface area contributed by atoms with Crippen LogP contribution in [0, 0.1) is 11.6 Å². The van der Waals surface area contributed by atoms with E-state index in [2.05, 4.69) is 15.9 Å². The quantitative estimate of drug-likeness (QED) is 0.893. The Morgan fingerprint density at radius 1 is 1.10 bits per heavy atom. The van der Waals surface area contributed by atoms with Crippen molar-refractivity contribution in [1.29, 1.82) is 0 Å². The molecule has 20 heavy (non-hydrogen) atoms. The van der Waals surface area contributed by atoms with Crippen molar-refractivity contribution in [2.24, 2.45) is 5.73 Å². The maximum absolute atomic E-state index is 13.3. The fourth-order valence-corrected chi connectivity index (χ4v) is 2.69. The largest absolute Gasteiger partial charge is 0.388 e. The van der Waals surface area contributed by atoms with E-state index in [0.29, 0.717) is 11.1 Å². The summed E-state index contributed by atoms with van der Waals surface area (Å²) in [4.78, 5) is 0. The van der Waals surface area contributed by atoms with Crippen molar-refractivity contribution < 1.29 is 13.9 Å². The lowest BCUT2D eigenvalue weighted by molar-refractivity contribution is 0.146. The zero-order valence-corrected chi connectivity index (χ0v) is 12.1. The molecule has 5 heteroatoms. The van der Waals surface area contributed by atoms with E-state index in [0.717, 1.165) is 10.5 Å². The van der Waals surface area contributed by atoms with Crippen LogP contribution >= 0.6 is 15.9 Å². The van der Waals surface area contributed by atoms with Crippen LogP contribution in [0.2, 0.25) is 0 Å². The van der Waals surface area contributed by atoms with Gasteiger partial charge in [-0.2, -0.15) is 0 Å². The van der Waals surface area contributed by atoms with Crippen molar-refractivity contribution in [3.63, 3.8) is 0 Å². The lowest BCUT2D eigenvalue weighted by atomic mass is 9.89. The van der Waals surface area contributed by atoms with E-state index in [1.54, 1.807) is 18.2 Å². The highest BCUT2D eigenvalue weighted by molar-refractivity contribution is 9.10. The van der Waals surface area contributed by atoms with Gasteiger partial charge in [-0.25, -0.2) is 8.78 Å². The molecule has 0 heterocycles. The molecule has 0 fully saturated rings. The molecule has 0 bridgehead atoms. The van der Waals surface area contributed by atoms with E-state index in [4.69, 9.17) is 5.73 Å². The SMILES string of the molecule is NCC(c1cc(F)cc(F)c1)C(O)c1ccccc1Br. The molecule has 0 aliphatic carbocycles. The molecule has 0 saturated carbocycles. The van der Waals surface area contributed by atoms with Crippen molar-refractivity contribution in [2.45, 2.75) is 12.0 Å². The second kappa shape index (κ2) is 6.43. The number of hydrogen-bond acceptors (Lipinski definition) is 2. The molecule has 2 unspecified atom stereocenters. The molecular weight excluding hydrogens is 328 g/mol. The average molecular weight is 342 g/mol. The summed E-state index contributed by atoms with van der Waals surface area (Å²) in [6.07, 6.45) is -0.947. The van der Waals surface area contributed by atoms with Crippen LogP contribution in [0.25, 0.3) is 0 Å². The number of aliphatic hydroxyl groups is 1. The second-order valence-electron chi connectivity index (χ2n) is 4.51. The van der Waals surface area contributed by atoms with Crippen molar-refractivity contribution >= 4 is 15.9 Å². The van der Waals surface area contributed by atoms with Crippen LogP contribution in [0.4, 0.5) is 8.78 Å². The predicted molar refractivity (Wildman–Crippen MR) is 77.3 cm³/mol. The number of aliphatic hydroxyl groups excluding tert-OH is 1. The summed E-state index contributed by atoms with van der Waals surface area (Å²) < 4.78 is 27.3. The molecule has 0 spiro atoms. The summed E-state index contributed by atoms with van der Waals surface area (Å²) in [6, 6.07) is 10.3. The molecular formula is C15H14BrF2NO. The maximum atomic E-state index is 13.3. The van der Waals surface area contributed by atoms with Crippen LogP contribution in [0.1, 0.15) is 23.1 Å². The standard InChI is InChI=1S/C15H14BrF2NO/c16-14-4-2-1-3-12(14)15(20)13(8-19)9-5-10(17)7-11(18)6-9/h1-7,13,15,20H,8,19H2. The summed E-state index contributed by atoms with van der Waals surface area (Å²) >= 11 is 3.35. The zero-order chi connectivity index (χ0) is 14.7. The van der Waals surface area contributed by atoms with Crippen LogP contribution in [-0.4, -0.2) is 11.7 Å². The number of halogens is 3. The van der Waals surface area contributed by atoms with E-state index < -0.39 is 23.7 Å². The summed E-state index contributed by atoms with van der Waals surface area (Å²) in [5.41, 5.74) is 6.65. The van der Waals surface area contributed by atoms with Gasteiger partial charge >= 0.3 is 0 Å². The van der Waals surface area contributed by atoms with Gasteiger partial charge in [0.1, 0.15) is 11.6 Å². The van der Waals surface area contributed by atoms with Gasteiger partial charge in [-0.15, -0.1) is 0 Å². The predicted octanol–water partition coefficient (Wildman–Crippen LogP) is 3.50. The zero-order valence-electron chi connectivity index (χ0n) is 10.6. The highest BCUT2D eigenvalue weighted by atomic mass is 79.9. The van der Waals surface area contributed by atoms with E-state index in [-0.39, 0.29) is 6.54 Å². The van der Waals surface area contributed by atoms with Gasteiger partial charge in [0.15, 0.2) is 0 Å². The van der Waals surface area contributed by atoms with E-state index in [1.165, 1.54) is 12.1 Å². The Kier molecular flexibility index (Phi) is 4.86. The first kappa shape index (κ1) is 15.1. The molecule has 2 aromatic carbocycles. The molecule has 106 valence electrons. The topological polar surface area (TPSA) is 46.2 Å². The smallest absolute Gasteiger partial charge is 0.126 e. The average Bonchev–Trinajstić information content (AvgIpc) is 2.38. The summed E-state index contributed by atoms with van der Waals surface area (Å²) in [5.74, 6) is -1.95. The molecule has 0 radical (unpaired) electrons. The van der Waals surface area contributed by atoms with Gasteiger partial charge in [0.05, 0.1) is 6.10 Å². The minimum Gasteiger partial charge on any atom is -0.388 e. The first-order valence-corrected chi connectivity index (χ1v) is 6.90. The monoisotopic (exact) mass is 341 g/mol. The van der Waals surface area contributed by atoms with Gasteiger partial charge in [0.2, 0.25) is 0 Å². The highest BCUT2D eigenvalue weighted by Crippen LogP contribution is 2.34. The number of benzene rings is 2. The van der Waals surface area contributed by atoms with E-state index >= 15 is 0 Å². The van der Waals surface area contributed by atoms with E-state index in [9.17, 15) is 13.9 Å². The highest BCUT2D eigenvalue weighted by Gasteiger charge is 2.24. The maximum Gasteiger partial charge on any atom is 0.126 e. The Balaban J connectivity index is 2.39. The molecule has 0 amide bonds. The first-order chi connectivity index (χ1) is 9.52. The van der Waals surface area contributed by atoms with Gasteiger partial charge in [-0.3, -0.25) is 0 Å².